The average Bonchev–Trinajstić information content (AvgIpc) is 2.81. The van der Waals surface area contributed by atoms with Crippen LogP contribution in [0.2, 0.25) is 0 Å². The number of nitrogens with zero attached hydrogens (tertiary/aromatic N) is 2. The molecule has 1 N–H and O–H groups in total. The minimum absolute atomic E-state index is 0.129. The van der Waals surface area contributed by atoms with E-state index in [1.54, 1.807) is 10.6 Å². The fraction of sp³-hybridized carbons (Fsp3) is 0.250. The lowest BCUT2D eigenvalue weighted by molar-refractivity contribution is -0.113. The summed E-state index contributed by atoms with van der Waals surface area (Å²) in [5, 5.41) is 4.14. The van der Waals surface area contributed by atoms with Crippen molar-refractivity contribution in [3.63, 3.8) is 0 Å². The van der Waals surface area contributed by atoms with Crippen molar-refractivity contribution in [2.24, 2.45) is 0 Å². The van der Waals surface area contributed by atoms with Crippen LogP contribution in [-0.4, -0.2) is 21.2 Å². The Morgan fingerprint density at radius 2 is 1.68 bits per heavy atom. The van der Waals surface area contributed by atoms with E-state index in [2.05, 4.69) is 19.2 Å². The van der Waals surface area contributed by atoms with Gasteiger partial charge in [0.25, 0.3) is 5.56 Å². The first kappa shape index (κ1) is 23.8. The Hall–Kier alpha value is -3.38. The molecule has 0 atom stereocenters. The number of nitrogens with one attached hydrogen (secondary N) is 1. The molecule has 1 heterocycles. The van der Waals surface area contributed by atoms with E-state index in [9.17, 15) is 9.59 Å². The summed E-state index contributed by atoms with van der Waals surface area (Å²) in [5.74, 6) is 0.303. The molecule has 0 saturated heterocycles. The van der Waals surface area contributed by atoms with E-state index >= 15 is 0 Å². The summed E-state index contributed by atoms with van der Waals surface area (Å²) < 4.78 is 1.63. The highest BCUT2D eigenvalue weighted by molar-refractivity contribution is 7.99. The van der Waals surface area contributed by atoms with Gasteiger partial charge in [0, 0.05) is 5.69 Å². The zero-order valence-electron chi connectivity index (χ0n) is 20.2. The van der Waals surface area contributed by atoms with Crippen molar-refractivity contribution >= 4 is 34.3 Å². The molecule has 0 saturated carbocycles. The topological polar surface area (TPSA) is 64.0 Å². The highest BCUT2D eigenvalue weighted by Gasteiger charge is 2.18. The number of rotatable bonds is 6. The minimum Gasteiger partial charge on any atom is -0.325 e. The molecule has 0 spiro atoms. The first-order chi connectivity index (χ1) is 16.3. The Morgan fingerprint density at radius 1 is 0.971 bits per heavy atom. The molecule has 1 amide bonds. The Labute approximate surface area is 204 Å². The zero-order chi connectivity index (χ0) is 24.4. The molecular weight excluding hydrogens is 442 g/mol. The molecule has 1 aromatic heterocycles. The molecule has 0 aliphatic rings. The van der Waals surface area contributed by atoms with Gasteiger partial charge in [-0.1, -0.05) is 68.1 Å². The summed E-state index contributed by atoms with van der Waals surface area (Å²) in [5.41, 5.74) is 6.37. The predicted molar refractivity (Wildman–Crippen MR) is 141 cm³/mol. The van der Waals surface area contributed by atoms with E-state index in [1.807, 2.05) is 75.4 Å². The van der Waals surface area contributed by atoms with E-state index in [0.717, 1.165) is 33.6 Å². The number of para-hydroxylation sites is 2. The van der Waals surface area contributed by atoms with Gasteiger partial charge in [-0.05, 0) is 67.1 Å². The number of benzene rings is 3. The maximum Gasteiger partial charge on any atom is 0.266 e. The lowest BCUT2D eigenvalue weighted by Crippen LogP contribution is -2.24. The molecular formula is C28H29N3O2S. The monoisotopic (exact) mass is 471 g/mol. The molecule has 0 aliphatic heterocycles. The van der Waals surface area contributed by atoms with Crippen LogP contribution in [0, 0.1) is 20.8 Å². The van der Waals surface area contributed by atoms with Gasteiger partial charge in [0.15, 0.2) is 5.16 Å². The van der Waals surface area contributed by atoms with Gasteiger partial charge >= 0.3 is 0 Å². The molecule has 0 radical (unpaired) electrons. The summed E-state index contributed by atoms with van der Waals surface area (Å²) >= 11 is 1.27. The van der Waals surface area contributed by atoms with Crippen molar-refractivity contribution in [1.82, 2.24) is 9.55 Å². The number of hydrogen-bond acceptors (Lipinski definition) is 4. The second-order valence-corrected chi connectivity index (χ2v) is 9.74. The third kappa shape index (κ3) is 4.64. The van der Waals surface area contributed by atoms with Gasteiger partial charge in [-0.25, -0.2) is 4.98 Å². The van der Waals surface area contributed by atoms with Crippen molar-refractivity contribution < 1.29 is 4.79 Å². The standard InChI is InChI=1S/C28H29N3O2S/c1-17(2)21-13-8-11-19(4)26(21)30-25(32)16-34-28-29-23-14-7-6-12-22(23)27(33)31(28)24-15-9-10-18(3)20(24)5/h6-15,17H,16H2,1-5H3,(H,30,32). The van der Waals surface area contributed by atoms with Crippen molar-refractivity contribution in [3.8, 4) is 5.69 Å². The fourth-order valence-electron chi connectivity index (χ4n) is 4.05. The first-order valence-electron chi connectivity index (χ1n) is 11.4. The molecule has 4 aromatic rings. The smallest absolute Gasteiger partial charge is 0.266 e. The molecule has 4 rings (SSSR count). The molecule has 0 fully saturated rings. The summed E-state index contributed by atoms with van der Waals surface area (Å²) in [6.45, 7) is 10.2. The van der Waals surface area contributed by atoms with Gasteiger partial charge < -0.3 is 5.32 Å². The first-order valence-corrected chi connectivity index (χ1v) is 12.4. The van der Waals surface area contributed by atoms with Gasteiger partial charge in [0.1, 0.15) is 0 Å². The van der Waals surface area contributed by atoms with E-state index in [4.69, 9.17) is 4.98 Å². The lowest BCUT2D eigenvalue weighted by Gasteiger charge is -2.18. The van der Waals surface area contributed by atoms with Crippen LogP contribution in [0.3, 0.4) is 0 Å². The predicted octanol–water partition coefficient (Wildman–Crippen LogP) is 6.17. The van der Waals surface area contributed by atoms with Crippen molar-refractivity contribution in [2.45, 2.75) is 45.7 Å². The van der Waals surface area contributed by atoms with Crippen LogP contribution in [0.4, 0.5) is 5.69 Å². The van der Waals surface area contributed by atoms with E-state index < -0.39 is 0 Å². The largest absolute Gasteiger partial charge is 0.325 e. The molecule has 0 unspecified atom stereocenters. The highest BCUT2D eigenvalue weighted by Crippen LogP contribution is 2.28. The quantitative estimate of drug-likeness (QED) is 0.270. The Bertz CT molecular complexity index is 1440. The molecule has 174 valence electrons. The fourth-order valence-corrected chi connectivity index (χ4v) is 4.85. The summed E-state index contributed by atoms with van der Waals surface area (Å²) in [7, 11) is 0. The van der Waals surface area contributed by atoms with E-state index in [1.165, 1.54) is 11.8 Å². The zero-order valence-corrected chi connectivity index (χ0v) is 21.0. The number of thioether (sulfide) groups is 1. The third-order valence-corrected chi connectivity index (χ3v) is 7.02. The number of aryl methyl sites for hydroxylation is 2. The normalized spacial score (nSPS) is 11.2. The second-order valence-electron chi connectivity index (χ2n) is 8.80. The number of fused-ring (bicyclic) bond motifs is 1. The number of aromatic nitrogens is 2. The minimum atomic E-state index is -0.136. The van der Waals surface area contributed by atoms with Gasteiger partial charge in [0.2, 0.25) is 5.91 Å². The van der Waals surface area contributed by atoms with Crippen LogP contribution in [0.15, 0.2) is 70.6 Å². The van der Waals surface area contributed by atoms with Gasteiger partial charge in [-0.3, -0.25) is 14.2 Å². The number of carbonyl (C=O) groups excluding carboxylic acids is 1. The Kier molecular flexibility index (Phi) is 6.89. The molecule has 6 heteroatoms. The number of amides is 1. The molecule has 0 aliphatic carbocycles. The van der Waals surface area contributed by atoms with Crippen LogP contribution in [0.1, 0.15) is 42.0 Å². The summed E-state index contributed by atoms with van der Waals surface area (Å²) in [6, 6.07) is 19.3. The molecule has 5 nitrogen and oxygen atoms in total. The Morgan fingerprint density at radius 3 is 2.44 bits per heavy atom. The van der Waals surface area contributed by atoms with Crippen LogP contribution in [0.25, 0.3) is 16.6 Å². The third-order valence-electron chi connectivity index (χ3n) is 6.09. The van der Waals surface area contributed by atoms with Crippen LogP contribution >= 0.6 is 11.8 Å². The van der Waals surface area contributed by atoms with Crippen molar-refractivity contribution in [1.29, 1.82) is 0 Å². The number of hydrogen-bond donors (Lipinski definition) is 1. The maximum absolute atomic E-state index is 13.5. The summed E-state index contributed by atoms with van der Waals surface area (Å²) in [6.07, 6.45) is 0. The lowest BCUT2D eigenvalue weighted by atomic mass is 9.98. The van der Waals surface area contributed by atoms with Crippen LogP contribution in [0.5, 0.6) is 0 Å². The number of anilines is 1. The maximum atomic E-state index is 13.5. The summed E-state index contributed by atoms with van der Waals surface area (Å²) in [4.78, 5) is 31.3. The van der Waals surface area contributed by atoms with E-state index in [-0.39, 0.29) is 17.2 Å². The molecule has 0 bridgehead atoms. The Balaban J connectivity index is 1.71. The van der Waals surface area contributed by atoms with Crippen LogP contribution in [-0.2, 0) is 4.79 Å². The van der Waals surface area contributed by atoms with Gasteiger partial charge in [0.05, 0.1) is 22.3 Å². The molecule has 34 heavy (non-hydrogen) atoms. The number of carbonyl (C=O) groups is 1. The average molecular weight is 472 g/mol. The van der Waals surface area contributed by atoms with Crippen LogP contribution < -0.4 is 10.9 Å². The second kappa shape index (κ2) is 9.85. The molecule has 3 aromatic carbocycles. The van der Waals surface area contributed by atoms with Crippen molar-refractivity contribution in [3.05, 3.63) is 93.3 Å². The van der Waals surface area contributed by atoms with E-state index in [0.29, 0.717) is 22.0 Å². The highest BCUT2D eigenvalue weighted by atomic mass is 32.2. The van der Waals surface area contributed by atoms with Crippen molar-refractivity contribution in [2.75, 3.05) is 11.1 Å². The SMILES string of the molecule is Cc1cccc(-n2c(SCC(=O)Nc3c(C)cccc3C(C)C)nc3ccccc3c2=O)c1C. The van der Waals surface area contributed by atoms with Gasteiger partial charge in [-0.15, -0.1) is 0 Å². The van der Waals surface area contributed by atoms with Gasteiger partial charge in [-0.2, -0.15) is 0 Å².